The number of esters is 1. The lowest BCUT2D eigenvalue weighted by Crippen LogP contribution is -2.44. The minimum absolute atomic E-state index is 0.271. The van der Waals surface area contributed by atoms with Gasteiger partial charge in [0, 0.05) is 6.08 Å². The first-order chi connectivity index (χ1) is 5.70. The Morgan fingerprint density at radius 2 is 2.58 bits per heavy atom. The van der Waals surface area contributed by atoms with Crippen LogP contribution in [0.1, 0.15) is 0 Å². The molecular weight excluding hydrogens is 204 g/mol. The van der Waals surface area contributed by atoms with Crippen LogP contribution in [0.2, 0.25) is 6.55 Å². The van der Waals surface area contributed by atoms with E-state index in [4.69, 9.17) is 4.74 Å². The average molecular weight is 220 g/mol. The molecule has 0 bridgehead atoms. The fourth-order valence-electron chi connectivity index (χ4n) is 0.601. The first-order valence-corrected chi connectivity index (χ1v) is 8.84. The Morgan fingerprint density at radius 1 is 1.92 bits per heavy atom. The van der Waals surface area contributed by atoms with E-state index in [2.05, 4.69) is 22.4 Å². The topological polar surface area (TPSA) is 50.4 Å². The lowest BCUT2D eigenvalue weighted by molar-refractivity contribution is -0.135. The molecule has 70 valence electrons. The monoisotopic (exact) mass is 220 g/mol. The van der Waals surface area contributed by atoms with E-state index in [9.17, 15) is 4.79 Å². The average Bonchev–Trinajstić information content (AvgIpc) is 2.10. The molecule has 0 rings (SSSR count). The molecule has 0 radical (unpaired) electrons. The number of carbonyl (C=O) groups excluding carboxylic acids is 1. The summed E-state index contributed by atoms with van der Waals surface area (Å²) in [5, 5.41) is 0. The van der Waals surface area contributed by atoms with Gasteiger partial charge in [-0.1, -0.05) is 13.1 Å². The zero-order valence-electron chi connectivity index (χ0n) is 7.59. The SMILES string of the molecule is C=CC(=O)OC[SiH](C)N[SiH2]N[SiH3]. The predicted molar refractivity (Wildman–Crippen MR) is 58.9 cm³/mol. The van der Waals surface area contributed by atoms with Crippen molar-refractivity contribution in [1.29, 1.82) is 0 Å². The van der Waals surface area contributed by atoms with Crippen LogP contribution in [0.15, 0.2) is 12.7 Å². The summed E-state index contributed by atoms with van der Waals surface area (Å²) in [6.45, 7) is 5.45. The number of rotatable bonds is 6. The van der Waals surface area contributed by atoms with Crippen molar-refractivity contribution in [2.75, 3.05) is 6.23 Å². The van der Waals surface area contributed by atoms with Crippen molar-refractivity contribution in [2.45, 2.75) is 6.55 Å². The summed E-state index contributed by atoms with van der Waals surface area (Å²) in [6, 6.07) is 0. The Labute approximate surface area is 79.9 Å². The van der Waals surface area contributed by atoms with E-state index in [-0.39, 0.29) is 15.8 Å². The van der Waals surface area contributed by atoms with Gasteiger partial charge in [-0.25, -0.2) is 4.79 Å². The van der Waals surface area contributed by atoms with Crippen LogP contribution in [-0.2, 0) is 9.53 Å². The van der Waals surface area contributed by atoms with E-state index in [1.165, 1.54) is 6.08 Å². The van der Waals surface area contributed by atoms with Crippen LogP contribution in [0.3, 0.4) is 0 Å². The standard InChI is InChI=1S/C5H16N2O2Si3/c1-3-5(8)9-4-12(2)7-11-6-10/h3,6-7,12H,1,4,11H2,2,10H3. The number of ether oxygens (including phenoxy) is 1. The summed E-state index contributed by atoms with van der Waals surface area (Å²) in [4.78, 5) is 10.6. The van der Waals surface area contributed by atoms with E-state index < -0.39 is 8.96 Å². The smallest absolute Gasteiger partial charge is 0.329 e. The highest BCUT2D eigenvalue weighted by atomic mass is 28.3. The quantitative estimate of drug-likeness (QED) is 0.286. The maximum atomic E-state index is 10.6. The fraction of sp³-hybridized carbons (Fsp3) is 0.400. The molecule has 0 aromatic heterocycles. The molecular formula is C5H16N2O2Si3. The summed E-state index contributed by atoms with van der Waals surface area (Å²) >= 11 is 0. The maximum absolute atomic E-state index is 10.6. The Hall–Kier alpha value is -0.219. The summed E-state index contributed by atoms with van der Waals surface area (Å²) in [7, 11) is -0.236. The zero-order chi connectivity index (χ0) is 9.40. The highest BCUT2D eigenvalue weighted by Crippen LogP contribution is 1.81. The minimum atomic E-state index is -1.01. The van der Waals surface area contributed by atoms with Gasteiger partial charge in [-0.3, -0.25) is 0 Å². The van der Waals surface area contributed by atoms with Crippen LogP contribution in [-0.4, -0.2) is 41.4 Å². The second kappa shape index (κ2) is 7.43. The molecule has 0 heterocycles. The number of nitrogens with one attached hydrogen (secondary N) is 2. The normalized spacial score (nSPS) is 13.4. The third kappa shape index (κ3) is 6.49. The van der Waals surface area contributed by atoms with Crippen LogP contribution >= 0.6 is 0 Å². The van der Waals surface area contributed by atoms with Gasteiger partial charge in [0.05, 0.1) is 16.6 Å². The summed E-state index contributed by atoms with van der Waals surface area (Å²) < 4.78 is 11.5. The van der Waals surface area contributed by atoms with Crippen LogP contribution in [0.4, 0.5) is 0 Å². The predicted octanol–water partition coefficient (Wildman–Crippen LogP) is -2.93. The van der Waals surface area contributed by atoms with Crippen molar-refractivity contribution >= 4 is 35.2 Å². The number of hydrogen-bond acceptors (Lipinski definition) is 4. The van der Waals surface area contributed by atoms with Gasteiger partial charge in [-0.05, 0) is 0 Å². The molecule has 1 atom stereocenters. The van der Waals surface area contributed by atoms with E-state index in [0.29, 0.717) is 6.23 Å². The molecule has 0 spiro atoms. The second-order valence-electron chi connectivity index (χ2n) is 2.47. The zero-order valence-corrected chi connectivity index (χ0v) is 12.2. The van der Waals surface area contributed by atoms with Gasteiger partial charge < -0.3 is 14.0 Å². The second-order valence-corrected chi connectivity index (χ2v) is 9.42. The van der Waals surface area contributed by atoms with Crippen molar-refractivity contribution in [2.24, 2.45) is 0 Å². The van der Waals surface area contributed by atoms with E-state index in [1.807, 2.05) is 0 Å². The highest BCUT2D eigenvalue weighted by Gasteiger charge is 2.04. The lowest BCUT2D eigenvalue weighted by atomic mass is 10.7. The third-order valence-corrected chi connectivity index (χ3v) is 6.95. The van der Waals surface area contributed by atoms with E-state index >= 15 is 0 Å². The molecule has 12 heavy (non-hydrogen) atoms. The Bertz CT molecular complexity index is 156. The van der Waals surface area contributed by atoms with E-state index in [0.717, 1.165) is 10.4 Å². The molecule has 0 aliphatic carbocycles. The Balaban J connectivity index is 3.36. The van der Waals surface area contributed by atoms with Gasteiger partial charge in [0.2, 0.25) is 0 Å². The van der Waals surface area contributed by atoms with Gasteiger partial charge in [-0.2, -0.15) is 0 Å². The summed E-state index contributed by atoms with van der Waals surface area (Å²) in [5.41, 5.74) is 0. The van der Waals surface area contributed by atoms with Crippen molar-refractivity contribution in [3.63, 3.8) is 0 Å². The van der Waals surface area contributed by atoms with E-state index in [1.54, 1.807) is 0 Å². The summed E-state index contributed by atoms with van der Waals surface area (Å²) in [5.74, 6) is -0.323. The Kier molecular flexibility index (Phi) is 7.30. The molecule has 1 unspecified atom stereocenters. The first-order valence-electron chi connectivity index (χ1n) is 3.88. The van der Waals surface area contributed by atoms with Crippen molar-refractivity contribution in [3.8, 4) is 0 Å². The number of carbonyl (C=O) groups is 1. The molecule has 0 amide bonds. The molecule has 0 fully saturated rings. The summed E-state index contributed by atoms with van der Waals surface area (Å²) in [6.07, 6.45) is 1.75. The molecule has 4 nitrogen and oxygen atoms in total. The minimum Gasteiger partial charge on any atom is -0.465 e. The lowest BCUT2D eigenvalue weighted by Gasteiger charge is -2.10. The van der Waals surface area contributed by atoms with Gasteiger partial charge in [0.15, 0.2) is 9.84 Å². The molecule has 0 aliphatic rings. The van der Waals surface area contributed by atoms with Crippen LogP contribution in [0.5, 0.6) is 0 Å². The van der Waals surface area contributed by atoms with Crippen molar-refractivity contribution in [1.82, 2.24) is 9.30 Å². The molecule has 0 aliphatic heterocycles. The van der Waals surface area contributed by atoms with Gasteiger partial charge >= 0.3 is 5.97 Å². The van der Waals surface area contributed by atoms with Crippen molar-refractivity contribution < 1.29 is 9.53 Å². The van der Waals surface area contributed by atoms with Gasteiger partial charge in [-0.15, -0.1) is 0 Å². The third-order valence-electron chi connectivity index (χ3n) is 1.27. The van der Waals surface area contributed by atoms with Crippen LogP contribution < -0.4 is 9.30 Å². The van der Waals surface area contributed by atoms with Crippen LogP contribution in [0.25, 0.3) is 0 Å². The number of hydrogen-bond donors (Lipinski definition) is 2. The molecule has 0 saturated carbocycles. The van der Waals surface area contributed by atoms with Gasteiger partial charge in [0.1, 0.15) is 8.96 Å². The first kappa shape index (κ1) is 11.8. The maximum Gasteiger partial charge on any atom is 0.329 e. The molecule has 7 heteroatoms. The fourth-order valence-corrected chi connectivity index (χ4v) is 5.53. The van der Waals surface area contributed by atoms with Crippen LogP contribution in [0, 0.1) is 0 Å². The largest absolute Gasteiger partial charge is 0.465 e. The van der Waals surface area contributed by atoms with Crippen molar-refractivity contribution in [3.05, 3.63) is 12.7 Å². The van der Waals surface area contributed by atoms with Gasteiger partial charge in [0.25, 0.3) is 0 Å². The Morgan fingerprint density at radius 3 is 3.08 bits per heavy atom. The molecule has 2 N–H and O–H groups in total. The molecule has 0 aromatic rings. The molecule has 0 aromatic carbocycles. The molecule has 0 saturated heterocycles. The highest BCUT2D eigenvalue weighted by molar-refractivity contribution is 6.64.